The third-order valence-electron chi connectivity index (χ3n) is 16.1. The number of Topliss-reactive ketones (excluding diaryl/α,β-unsaturated/α-hetero) is 1. The fourth-order valence-electron chi connectivity index (χ4n) is 12.2. The smallest absolute Gasteiger partial charge is 0.329 e. The molecule has 400 valence electrons. The fourth-order valence-corrected chi connectivity index (χ4v) is 16.9. The number of carbonyl (C=O) groups is 4. The number of hydrogen-bond acceptors (Lipinski definition) is 11. The number of ketones is 2. The van der Waals surface area contributed by atoms with Crippen LogP contribution in [0.4, 0.5) is 0 Å². The minimum atomic E-state index is -2.89. The first-order chi connectivity index (χ1) is 34.7. The van der Waals surface area contributed by atoms with Crippen LogP contribution >= 0.6 is 0 Å². The van der Waals surface area contributed by atoms with Crippen molar-refractivity contribution in [3.63, 3.8) is 0 Å². The van der Waals surface area contributed by atoms with Gasteiger partial charge in [0.25, 0.3) is 20.0 Å². The number of allylic oxidation sites excluding steroid dienone is 5. The van der Waals surface area contributed by atoms with E-state index in [0.29, 0.717) is 38.5 Å². The van der Waals surface area contributed by atoms with Gasteiger partial charge in [-0.15, -0.1) is 6.58 Å². The molecule has 0 radical (unpaired) electrons. The molecule has 1 amide bonds. The van der Waals surface area contributed by atoms with Crippen LogP contribution < -0.4 is 10.4 Å². The molecule has 73 heavy (non-hydrogen) atoms. The standard InChI is InChI=1S/C60H85NO11Si/c1-13-22-45-34-39(2)33-40(3)35-52(68-11)55-53(69-12)37-43(6)60(66,71-55)56(63)57(64)61-32-21-20-27-48(61)58(65)70-54(41(4)28-30-49(45)62)42(5)36-44-29-31-50(51(38-44)67-10)72-73(59(7,8)9,46-23-16-14-17-24-46)47-25-18-15-19-26-47/h13-19,23-26,28,30,34,36,40-41,43-45,48,50-55,66H,1,20-22,27,29,31-33,35,37-38H2,2-12H3/b30-28+,39-34+,42-36?. The molecule has 6 rings (SSSR count). The Morgan fingerprint density at radius 3 is 2.05 bits per heavy atom. The Bertz CT molecular complexity index is 2250. The molecular formula is C60H85NO11Si. The lowest BCUT2D eigenvalue weighted by molar-refractivity contribution is -0.302. The number of ether oxygens (including phenoxy) is 5. The van der Waals surface area contributed by atoms with Crippen LogP contribution in [0.3, 0.4) is 0 Å². The summed E-state index contributed by atoms with van der Waals surface area (Å²) in [5, 5.41) is 14.4. The van der Waals surface area contributed by atoms with Crippen molar-refractivity contribution < 1.29 is 52.4 Å². The van der Waals surface area contributed by atoms with E-state index in [1.807, 2.05) is 45.1 Å². The van der Waals surface area contributed by atoms with Crippen molar-refractivity contribution in [3.05, 3.63) is 109 Å². The van der Waals surface area contributed by atoms with Gasteiger partial charge in [0.05, 0.1) is 24.4 Å². The van der Waals surface area contributed by atoms with Crippen molar-refractivity contribution in [2.24, 2.45) is 29.6 Å². The topological polar surface area (TPSA) is 147 Å². The Morgan fingerprint density at radius 1 is 0.849 bits per heavy atom. The van der Waals surface area contributed by atoms with E-state index in [2.05, 4.69) is 88.9 Å². The molecule has 13 atom stereocenters. The highest BCUT2D eigenvalue weighted by Crippen LogP contribution is 2.42. The van der Waals surface area contributed by atoms with Gasteiger partial charge in [-0.1, -0.05) is 132 Å². The number of aliphatic hydroxyl groups is 1. The van der Waals surface area contributed by atoms with E-state index in [9.17, 15) is 24.3 Å². The van der Waals surface area contributed by atoms with E-state index < -0.39 is 80.0 Å². The van der Waals surface area contributed by atoms with E-state index in [-0.39, 0.29) is 54.3 Å². The Morgan fingerprint density at radius 2 is 1.47 bits per heavy atom. The molecule has 2 bridgehead atoms. The Hall–Kier alpha value is -4.34. The normalized spacial score (nSPS) is 34.2. The van der Waals surface area contributed by atoms with Gasteiger partial charge >= 0.3 is 5.97 Å². The number of fused-ring (bicyclic) bond motifs is 3. The molecule has 1 aliphatic carbocycles. The summed E-state index contributed by atoms with van der Waals surface area (Å²) in [7, 11) is 1.96. The minimum Gasteiger partial charge on any atom is -0.456 e. The lowest BCUT2D eigenvalue weighted by atomic mass is 9.82. The summed E-state index contributed by atoms with van der Waals surface area (Å²) >= 11 is 0. The van der Waals surface area contributed by atoms with Crippen LogP contribution in [0.5, 0.6) is 0 Å². The van der Waals surface area contributed by atoms with Crippen LogP contribution in [0.15, 0.2) is 109 Å². The van der Waals surface area contributed by atoms with Crippen LogP contribution in [0.25, 0.3) is 0 Å². The van der Waals surface area contributed by atoms with E-state index in [4.69, 9.17) is 28.1 Å². The fraction of sp³-hybridized carbons (Fsp3) is 0.600. The number of methoxy groups -OCH3 is 3. The maximum Gasteiger partial charge on any atom is 0.329 e. The van der Waals surface area contributed by atoms with Gasteiger partial charge in [0, 0.05) is 45.6 Å². The predicted molar refractivity (Wildman–Crippen MR) is 288 cm³/mol. The summed E-state index contributed by atoms with van der Waals surface area (Å²) in [6, 6.07) is 20.1. The second-order valence-corrected chi connectivity index (χ2v) is 26.8. The molecule has 1 N–H and O–H groups in total. The maximum atomic E-state index is 14.7. The minimum absolute atomic E-state index is 0.0354. The van der Waals surface area contributed by atoms with E-state index in [1.165, 1.54) is 15.3 Å². The van der Waals surface area contributed by atoms with Crippen LogP contribution in [0.2, 0.25) is 5.04 Å². The van der Waals surface area contributed by atoms with Crippen molar-refractivity contribution in [1.82, 2.24) is 4.90 Å². The zero-order valence-corrected chi connectivity index (χ0v) is 46.6. The van der Waals surface area contributed by atoms with Crippen LogP contribution in [-0.2, 0) is 47.3 Å². The van der Waals surface area contributed by atoms with Crippen LogP contribution in [-0.4, -0.2) is 118 Å². The van der Waals surface area contributed by atoms with E-state index in [1.54, 1.807) is 40.4 Å². The molecule has 0 spiro atoms. The second-order valence-electron chi connectivity index (χ2n) is 22.5. The van der Waals surface area contributed by atoms with E-state index >= 15 is 0 Å². The van der Waals surface area contributed by atoms with Gasteiger partial charge in [0.1, 0.15) is 18.2 Å². The van der Waals surface area contributed by atoms with Crippen molar-refractivity contribution in [3.8, 4) is 0 Å². The Labute approximate surface area is 437 Å². The van der Waals surface area contributed by atoms with Crippen molar-refractivity contribution >= 4 is 42.1 Å². The number of carbonyl (C=O) groups excluding carboxylic acids is 4. The molecule has 4 aliphatic rings. The SMILES string of the molecule is C=CCC1/C=C(\C)CC(C)CC(OC)C2OC(O)(C(=O)C(=O)N3CCCCC3C(=O)OC(C(C)=CC3CCC(O[Si](c4ccccc4)(c4ccccc4)C(C)(C)C)C(OC)C3)C(C)/C=C/C1=O)C(C)CC2OC. The van der Waals surface area contributed by atoms with Gasteiger partial charge in [-0.3, -0.25) is 14.4 Å². The number of amides is 1. The molecule has 12 nitrogen and oxygen atoms in total. The quantitative estimate of drug-likeness (QED) is 0.0996. The van der Waals surface area contributed by atoms with Crippen molar-refractivity contribution in [1.29, 1.82) is 0 Å². The molecule has 3 aliphatic heterocycles. The van der Waals surface area contributed by atoms with E-state index in [0.717, 1.165) is 24.0 Å². The Kier molecular flexibility index (Phi) is 20.2. The Balaban J connectivity index is 1.34. The highest BCUT2D eigenvalue weighted by Gasteiger charge is 2.57. The van der Waals surface area contributed by atoms with Gasteiger partial charge in [-0.25, -0.2) is 4.79 Å². The first kappa shape index (κ1) is 57.9. The largest absolute Gasteiger partial charge is 0.456 e. The molecule has 2 aromatic rings. The first-order valence-electron chi connectivity index (χ1n) is 26.7. The number of piperidine rings is 1. The summed E-state index contributed by atoms with van der Waals surface area (Å²) in [6.45, 7) is 20.5. The zero-order chi connectivity index (χ0) is 53.3. The highest BCUT2D eigenvalue weighted by molar-refractivity contribution is 6.99. The van der Waals surface area contributed by atoms with Crippen molar-refractivity contribution in [2.45, 2.75) is 173 Å². The predicted octanol–water partition coefficient (Wildman–Crippen LogP) is 9.03. The van der Waals surface area contributed by atoms with Gasteiger partial charge in [0.15, 0.2) is 5.78 Å². The number of esters is 1. The molecule has 2 aromatic carbocycles. The maximum absolute atomic E-state index is 14.7. The van der Waals surface area contributed by atoms with Gasteiger partial charge in [-0.05, 0) is 117 Å². The van der Waals surface area contributed by atoms with Gasteiger partial charge < -0.3 is 38.1 Å². The summed E-state index contributed by atoms with van der Waals surface area (Å²) in [5.74, 6) is -7.06. The summed E-state index contributed by atoms with van der Waals surface area (Å²) in [6.07, 6.45) is 11.5. The number of rotatable bonds is 11. The lowest BCUT2D eigenvalue weighted by Crippen LogP contribution is -2.68. The zero-order valence-electron chi connectivity index (χ0n) is 45.6. The summed E-state index contributed by atoms with van der Waals surface area (Å²) in [5.41, 5.74) is 1.81. The van der Waals surface area contributed by atoms with Crippen LogP contribution in [0.1, 0.15) is 120 Å². The number of hydrogen-bond donors (Lipinski definition) is 1. The first-order valence-corrected chi connectivity index (χ1v) is 28.6. The molecule has 3 fully saturated rings. The third-order valence-corrected chi connectivity index (χ3v) is 21.2. The number of nitrogens with zero attached hydrogens (tertiary/aromatic N) is 1. The monoisotopic (exact) mass is 1020 g/mol. The lowest BCUT2D eigenvalue weighted by Gasteiger charge is -2.47. The molecule has 13 heteroatoms. The highest BCUT2D eigenvalue weighted by atomic mass is 28.4. The summed E-state index contributed by atoms with van der Waals surface area (Å²) < 4.78 is 38.7. The van der Waals surface area contributed by atoms with Gasteiger partial charge in [-0.2, -0.15) is 0 Å². The number of benzene rings is 2. The molecular weight excluding hydrogens is 939 g/mol. The summed E-state index contributed by atoms with van der Waals surface area (Å²) in [4.78, 5) is 59.1. The average molecular weight is 1020 g/mol. The number of cyclic esters (lactones) is 1. The van der Waals surface area contributed by atoms with Crippen molar-refractivity contribution in [2.75, 3.05) is 27.9 Å². The third kappa shape index (κ3) is 13.2. The molecule has 0 aromatic heterocycles. The second kappa shape index (κ2) is 25.5. The van der Waals surface area contributed by atoms with Gasteiger partial charge in [0.2, 0.25) is 5.79 Å². The molecule has 1 saturated carbocycles. The molecule has 13 unspecified atom stereocenters. The molecule has 2 saturated heterocycles. The molecule has 3 heterocycles. The van der Waals surface area contributed by atoms with Crippen LogP contribution in [0, 0.1) is 29.6 Å². The average Bonchev–Trinajstić information content (AvgIpc) is 3.38.